The van der Waals surface area contributed by atoms with E-state index < -0.39 is 0 Å². The molecule has 64 heavy (non-hydrogen) atoms. The summed E-state index contributed by atoms with van der Waals surface area (Å²) in [6.07, 6.45) is 0. The molecule has 0 saturated carbocycles. The van der Waals surface area contributed by atoms with E-state index in [9.17, 15) is 5.26 Å². The normalized spacial score (nSPS) is 11.4. The van der Waals surface area contributed by atoms with Crippen molar-refractivity contribution in [3.63, 3.8) is 0 Å². The standard InChI is InChI=1S/C60H36N4/c61-37-38-19-21-39(22-20-38)40-23-25-41(26-24-40)46-31-33-52(49-16-8-7-15-48(46)49)55-36-35-54-51-18-10-9-17-50(51)53-34-32-47(56(55)57(53)54)42-27-29-45(30-28-42)60-63-58(43-11-3-1-4-12-43)62-59(64-60)44-13-5-2-6-14-44/h1-36H. The van der Waals surface area contributed by atoms with Crippen molar-refractivity contribution in [1.82, 2.24) is 15.0 Å². The van der Waals surface area contributed by atoms with E-state index in [2.05, 4.69) is 140 Å². The zero-order valence-electron chi connectivity index (χ0n) is 34.6. The SMILES string of the molecule is N#Cc1ccc(-c2ccc(-c3ccc(-c4ccc5c6c(ccc(-c7ccc(-c8nc(-c9ccccc9)nc(-c9ccccc9)n8)cc7)c46)-c4ccccc4-5)c4ccccc34)cc2)cc1. The van der Waals surface area contributed by atoms with E-state index >= 15 is 0 Å². The fraction of sp³-hybridized carbons (Fsp3) is 0. The van der Waals surface area contributed by atoms with Gasteiger partial charge < -0.3 is 0 Å². The molecule has 10 aromatic carbocycles. The Morgan fingerprint density at radius 1 is 0.250 bits per heavy atom. The van der Waals surface area contributed by atoms with Crippen molar-refractivity contribution < 1.29 is 0 Å². The van der Waals surface area contributed by atoms with Gasteiger partial charge in [-0.15, -0.1) is 0 Å². The first-order valence-electron chi connectivity index (χ1n) is 21.5. The van der Waals surface area contributed by atoms with E-state index in [1.165, 1.54) is 66.1 Å². The van der Waals surface area contributed by atoms with E-state index in [4.69, 9.17) is 15.0 Å². The number of hydrogen-bond acceptors (Lipinski definition) is 4. The Hall–Kier alpha value is -8.78. The lowest BCUT2D eigenvalue weighted by Crippen LogP contribution is -2.00. The van der Waals surface area contributed by atoms with Crippen LogP contribution in [0.4, 0.5) is 0 Å². The Kier molecular flexibility index (Phi) is 8.84. The molecule has 0 spiro atoms. The molecule has 1 aliphatic carbocycles. The molecule has 0 atom stereocenters. The number of hydrogen-bond donors (Lipinski definition) is 0. The molecule has 4 nitrogen and oxygen atoms in total. The highest BCUT2D eigenvalue weighted by molar-refractivity contribution is 6.24. The Labute approximate surface area is 371 Å². The van der Waals surface area contributed by atoms with E-state index in [1.54, 1.807) is 0 Å². The Morgan fingerprint density at radius 2 is 0.594 bits per heavy atom. The Morgan fingerprint density at radius 3 is 1.12 bits per heavy atom. The third kappa shape index (κ3) is 6.26. The molecule has 0 unspecified atom stereocenters. The monoisotopic (exact) mass is 812 g/mol. The molecule has 0 aliphatic heterocycles. The summed E-state index contributed by atoms with van der Waals surface area (Å²) in [7, 11) is 0. The predicted octanol–water partition coefficient (Wildman–Crippen LogP) is 15.4. The van der Waals surface area contributed by atoms with Crippen molar-refractivity contribution in [2.45, 2.75) is 0 Å². The number of fused-ring (bicyclic) bond motifs is 4. The van der Waals surface area contributed by atoms with Crippen LogP contribution in [0.2, 0.25) is 0 Å². The van der Waals surface area contributed by atoms with Crippen molar-refractivity contribution in [2.24, 2.45) is 0 Å². The maximum absolute atomic E-state index is 9.28. The van der Waals surface area contributed by atoms with Crippen LogP contribution in [0.15, 0.2) is 218 Å². The van der Waals surface area contributed by atoms with Crippen molar-refractivity contribution >= 4 is 21.5 Å². The molecule has 296 valence electrons. The van der Waals surface area contributed by atoms with Crippen LogP contribution in [0.1, 0.15) is 5.56 Å². The van der Waals surface area contributed by atoms with E-state index in [-0.39, 0.29) is 0 Å². The zero-order chi connectivity index (χ0) is 42.6. The van der Waals surface area contributed by atoms with Crippen LogP contribution in [0.3, 0.4) is 0 Å². The second kappa shape index (κ2) is 15.3. The summed E-state index contributed by atoms with van der Waals surface area (Å²) in [6, 6.07) is 79.0. The first-order valence-corrected chi connectivity index (χ1v) is 21.5. The molecule has 0 N–H and O–H groups in total. The van der Waals surface area contributed by atoms with Gasteiger partial charge in [0.1, 0.15) is 0 Å². The second-order valence-corrected chi connectivity index (χ2v) is 16.2. The lowest BCUT2D eigenvalue weighted by molar-refractivity contribution is 1.07. The summed E-state index contributed by atoms with van der Waals surface area (Å²) in [5.41, 5.74) is 17.8. The van der Waals surface area contributed by atoms with Gasteiger partial charge in [-0.2, -0.15) is 5.26 Å². The molecule has 0 fully saturated rings. The minimum atomic E-state index is 0.631. The quantitative estimate of drug-likeness (QED) is 0.161. The van der Waals surface area contributed by atoms with Gasteiger partial charge in [-0.05, 0) is 100 Å². The van der Waals surface area contributed by atoms with Gasteiger partial charge in [0, 0.05) is 16.7 Å². The van der Waals surface area contributed by atoms with Gasteiger partial charge in [0.2, 0.25) is 0 Å². The fourth-order valence-electron chi connectivity index (χ4n) is 9.46. The van der Waals surface area contributed by atoms with Gasteiger partial charge in [0.05, 0.1) is 11.6 Å². The van der Waals surface area contributed by atoms with Crippen LogP contribution >= 0.6 is 0 Å². The lowest BCUT2D eigenvalue weighted by Gasteiger charge is -2.18. The molecule has 0 bridgehead atoms. The van der Waals surface area contributed by atoms with Crippen molar-refractivity contribution in [3.05, 3.63) is 224 Å². The van der Waals surface area contributed by atoms with Crippen molar-refractivity contribution in [2.75, 3.05) is 0 Å². The van der Waals surface area contributed by atoms with Gasteiger partial charge in [0.25, 0.3) is 0 Å². The summed E-state index contributed by atoms with van der Waals surface area (Å²) >= 11 is 0. The van der Waals surface area contributed by atoms with Gasteiger partial charge in [-0.3, -0.25) is 0 Å². The zero-order valence-corrected chi connectivity index (χ0v) is 34.6. The molecule has 11 aromatic rings. The first kappa shape index (κ1) is 37.0. The highest BCUT2D eigenvalue weighted by atomic mass is 15.0. The molecule has 4 heteroatoms. The maximum Gasteiger partial charge on any atom is 0.164 e. The number of nitrogens with zero attached hydrogens (tertiary/aromatic N) is 4. The molecule has 0 amide bonds. The van der Waals surface area contributed by atoms with Crippen LogP contribution in [-0.4, -0.2) is 15.0 Å². The minimum absolute atomic E-state index is 0.631. The summed E-state index contributed by atoms with van der Waals surface area (Å²) in [5.74, 6) is 1.92. The molecule has 12 rings (SSSR count). The molecule has 1 aromatic heterocycles. The van der Waals surface area contributed by atoms with Crippen LogP contribution in [0.5, 0.6) is 0 Å². The maximum atomic E-state index is 9.28. The minimum Gasteiger partial charge on any atom is -0.208 e. The number of rotatable bonds is 7. The van der Waals surface area contributed by atoms with Gasteiger partial charge >= 0.3 is 0 Å². The van der Waals surface area contributed by atoms with Crippen LogP contribution in [0.25, 0.3) is 122 Å². The van der Waals surface area contributed by atoms with Gasteiger partial charge in [-0.25, -0.2) is 15.0 Å². The van der Waals surface area contributed by atoms with E-state index in [0.717, 1.165) is 38.9 Å². The molecule has 1 aliphatic rings. The van der Waals surface area contributed by atoms with Gasteiger partial charge in [-0.1, -0.05) is 206 Å². The average Bonchev–Trinajstić information content (AvgIpc) is 3.71. The van der Waals surface area contributed by atoms with E-state index in [1.807, 2.05) is 84.9 Å². The average molecular weight is 813 g/mol. The Bertz CT molecular complexity index is 3540. The number of nitriles is 1. The Balaban J connectivity index is 0.995. The molecule has 1 heterocycles. The van der Waals surface area contributed by atoms with E-state index in [0.29, 0.717) is 23.0 Å². The highest BCUT2D eigenvalue weighted by Crippen LogP contribution is 2.53. The predicted molar refractivity (Wildman–Crippen MR) is 262 cm³/mol. The number of aromatic nitrogens is 3. The second-order valence-electron chi connectivity index (χ2n) is 16.2. The van der Waals surface area contributed by atoms with Crippen LogP contribution in [0, 0.1) is 11.3 Å². The first-order chi connectivity index (χ1) is 31.7. The van der Waals surface area contributed by atoms with Crippen molar-refractivity contribution in [1.29, 1.82) is 5.26 Å². The summed E-state index contributed by atoms with van der Waals surface area (Å²) in [4.78, 5) is 14.9. The van der Waals surface area contributed by atoms with Gasteiger partial charge in [0.15, 0.2) is 17.5 Å². The molecule has 0 radical (unpaired) electrons. The third-order valence-corrected chi connectivity index (χ3v) is 12.6. The van der Waals surface area contributed by atoms with Crippen LogP contribution in [-0.2, 0) is 0 Å². The largest absolute Gasteiger partial charge is 0.208 e. The summed E-state index contributed by atoms with van der Waals surface area (Å²) in [6.45, 7) is 0. The third-order valence-electron chi connectivity index (χ3n) is 12.6. The molecular weight excluding hydrogens is 777 g/mol. The highest BCUT2D eigenvalue weighted by Gasteiger charge is 2.26. The fourth-order valence-corrected chi connectivity index (χ4v) is 9.46. The summed E-state index contributed by atoms with van der Waals surface area (Å²) in [5, 5.41) is 14.2. The summed E-state index contributed by atoms with van der Waals surface area (Å²) < 4.78 is 0. The lowest BCUT2D eigenvalue weighted by atomic mass is 9.85. The smallest absolute Gasteiger partial charge is 0.164 e. The van der Waals surface area contributed by atoms with Crippen molar-refractivity contribution in [3.8, 4) is 107 Å². The topological polar surface area (TPSA) is 62.5 Å². The van der Waals surface area contributed by atoms with Crippen LogP contribution < -0.4 is 0 Å². The molecular formula is C60H36N4. The molecule has 0 saturated heterocycles. The number of benzene rings is 10.